The maximum Gasteiger partial charge on any atom is 0.265 e. The summed E-state index contributed by atoms with van der Waals surface area (Å²) in [5, 5.41) is 2.70. The van der Waals surface area contributed by atoms with Crippen molar-refractivity contribution in [2.45, 2.75) is 17.4 Å². The lowest BCUT2D eigenvalue weighted by Gasteiger charge is -2.12. The Kier molecular flexibility index (Phi) is 3.62. The fourth-order valence-electron chi connectivity index (χ4n) is 2.36. The highest BCUT2D eigenvalue weighted by Gasteiger charge is 2.28. The van der Waals surface area contributed by atoms with Gasteiger partial charge < -0.3 is 10.1 Å². The molecule has 1 atom stereocenters. The Morgan fingerprint density at radius 3 is 2.68 bits per heavy atom. The van der Waals surface area contributed by atoms with E-state index in [0.717, 1.165) is 11.8 Å². The van der Waals surface area contributed by atoms with Crippen LogP contribution in [0.4, 0.5) is 5.69 Å². The molecule has 6 heteroatoms. The zero-order valence-corrected chi connectivity index (χ0v) is 12.8. The molecule has 3 rings (SSSR count). The van der Waals surface area contributed by atoms with E-state index in [9.17, 15) is 13.2 Å². The molecule has 0 bridgehead atoms. The topological polar surface area (TPSA) is 72.5 Å². The first kappa shape index (κ1) is 14.6. The molecule has 0 radical (unpaired) electrons. The Labute approximate surface area is 128 Å². The molecule has 5 nitrogen and oxygen atoms in total. The second-order valence-electron chi connectivity index (χ2n) is 5.21. The van der Waals surface area contributed by atoms with Crippen LogP contribution in [0, 0.1) is 0 Å². The third kappa shape index (κ3) is 2.96. The van der Waals surface area contributed by atoms with Crippen molar-refractivity contribution in [3.8, 4) is 5.75 Å². The molecule has 0 unspecified atom stereocenters. The minimum atomic E-state index is -3.31. The summed E-state index contributed by atoms with van der Waals surface area (Å²) >= 11 is 0. The molecule has 22 heavy (non-hydrogen) atoms. The van der Waals surface area contributed by atoms with Gasteiger partial charge in [-0.3, -0.25) is 4.79 Å². The lowest BCUT2D eigenvalue weighted by molar-refractivity contribution is -0.122. The molecule has 1 amide bonds. The number of carbonyl (C=O) groups is 1. The van der Waals surface area contributed by atoms with Crippen LogP contribution in [0.5, 0.6) is 5.75 Å². The Morgan fingerprint density at radius 1 is 1.18 bits per heavy atom. The molecule has 1 aliphatic heterocycles. The summed E-state index contributed by atoms with van der Waals surface area (Å²) in [6, 6.07) is 13.7. The van der Waals surface area contributed by atoms with Crippen LogP contribution in [0.2, 0.25) is 0 Å². The second-order valence-corrected chi connectivity index (χ2v) is 7.22. The third-order valence-corrected chi connectivity index (χ3v) is 4.58. The number of carbonyl (C=O) groups excluding carboxylic acids is 1. The van der Waals surface area contributed by atoms with Gasteiger partial charge in [-0.1, -0.05) is 24.3 Å². The van der Waals surface area contributed by atoms with Gasteiger partial charge in [0, 0.05) is 18.4 Å². The van der Waals surface area contributed by atoms with E-state index in [0.29, 0.717) is 17.9 Å². The summed E-state index contributed by atoms with van der Waals surface area (Å²) in [7, 11) is -3.31. The predicted octanol–water partition coefficient (Wildman–Crippen LogP) is 2.03. The van der Waals surface area contributed by atoms with Crippen molar-refractivity contribution >= 4 is 21.4 Å². The van der Waals surface area contributed by atoms with Gasteiger partial charge in [0.1, 0.15) is 5.75 Å². The van der Waals surface area contributed by atoms with Crippen LogP contribution in [0.15, 0.2) is 53.4 Å². The van der Waals surface area contributed by atoms with Crippen molar-refractivity contribution in [3.05, 3.63) is 54.1 Å². The molecule has 0 aliphatic carbocycles. The van der Waals surface area contributed by atoms with Gasteiger partial charge in [0.25, 0.3) is 5.91 Å². The summed E-state index contributed by atoms with van der Waals surface area (Å²) in [5.74, 6) is 0.425. The Hall–Kier alpha value is -2.34. The van der Waals surface area contributed by atoms with Crippen molar-refractivity contribution in [3.63, 3.8) is 0 Å². The molecule has 0 fully saturated rings. The number of nitrogens with one attached hydrogen (secondary N) is 1. The highest BCUT2D eigenvalue weighted by atomic mass is 32.2. The maximum absolute atomic E-state index is 12.3. The molecule has 1 N–H and O–H groups in total. The number of para-hydroxylation sites is 1. The van der Waals surface area contributed by atoms with Crippen LogP contribution in [-0.2, 0) is 21.1 Å². The summed E-state index contributed by atoms with van der Waals surface area (Å²) in [4.78, 5) is 12.4. The molecule has 1 aliphatic rings. The molecule has 0 saturated heterocycles. The molecule has 1 heterocycles. The lowest BCUT2D eigenvalue weighted by atomic mass is 10.1. The Bertz CT molecular complexity index is 805. The van der Waals surface area contributed by atoms with Crippen LogP contribution >= 0.6 is 0 Å². The molecular formula is C16H15NO4S. The van der Waals surface area contributed by atoms with Crippen LogP contribution in [-0.4, -0.2) is 26.7 Å². The maximum atomic E-state index is 12.3. The highest BCUT2D eigenvalue weighted by Crippen LogP contribution is 2.28. The van der Waals surface area contributed by atoms with Crippen molar-refractivity contribution < 1.29 is 17.9 Å². The van der Waals surface area contributed by atoms with E-state index in [1.54, 1.807) is 12.1 Å². The molecule has 2 aromatic rings. The minimum Gasteiger partial charge on any atom is -0.480 e. The van der Waals surface area contributed by atoms with Gasteiger partial charge in [0.2, 0.25) is 0 Å². The number of fused-ring (bicyclic) bond motifs is 1. The minimum absolute atomic E-state index is 0.168. The van der Waals surface area contributed by atoms with E-state index in [4.69, 9.17) is 4.74 Å². The van der Waals surface area contributed by atoms with Gasteiger partial charge in [-0.15, -0.1) is 0 Å². The average Bonchev–Trinajstić information content (AvgIpc) is 2.90. The smallest absolute Gasteiger partial charge is 0.265 e. The zero-order chi connectivity index (χ0) is 15.7. The van der Waals surface area contributed by atoms with Crippen LogP contribution < -0.4 is 10.1 Å². The van der Waals surface area contributed by atoms with E-state index in [1.165, 1.54) is 12.1 Å². The highest BCUT2D eigenvalue weighted by molar-refractivity contribution is 7.90. The number of benzene rings is 2. The quantitative estimate of drug-likeness (QED) is 0.940. The average molecular weight is 317 g/mol. The molecule has 0 spiro atoms. The van der Waals surface area contributed by atoms with Crippen molar-refractivity contribution in [2.24, 2.45) is 0 Å². The Morgan fingerprint density at radius 2 is 1.95 bits per heavy atom. The first-order valence-corrected chi connectivity index (χ1v) is 8.68. The Balaban J connectivity index is 1.74. The number of hydrogen-bond donors (Lipinski definition) is 1. The van der Waals surface area contributed by atoms with Crippen molar-refractivity contribution in [1.29, 1.82) is 0 Å². The van der Waals surface area contributed by atoms with Crippen molar-refractivity contribution in [2.75, 3.05) is 11.6 Å². The molecule has 114 valence electrons. The molecule has 0 saturated carbocycles. The summed E-state index contributed by atoms with van der Waals surface area (Å²) in [6.07, 6.45) is 1.04. The first-order chi connectivity index (χ1) is 10.4. The van der Waals surface area contributed by atoms with Gasteiger partial charge in [0.05, 0.1) is 4.90 Å². The lowest BCUT2D eigenvalue weighted by Crippen LogP contribution is -2.31. The van der Waals surface area contributed by atoms with Gasteiger partial charge in [-0.25, -0.2) is 8.42 Å². The van der Waals surface area contributed by atoms with Crippen LogP contribution in [0.25, 0.3) is 0 Å². The molecular weight excluding hydrogens is 302 g/mol. The first-order valence-electron chi connectivity index (χ1n) is 6.79. The number of anilines is 1. The van der Waals surface area contributed by atoms with E-state index < -0.39 is 15.9 Å². The van der Waals surface area contributed by atoms with E-state index in [2.05, 4.69) is 5.32 Å². The predicted molar refractivity (Wildman–Crippen MR) is 82.7 cm³/mol. The largest absolute Gasteiger partial charge is 0.480 e. The van der Waals surface area contributed by atoms with Gasteiger partial charge in [0.15, 0.2) is 15.9 Å². The van der Waals surface area contributed by atoms with Crippen LogP contribution in [0.3, 0.4) is 0 Å². The van der Waals surface area contributed by atoms with E-state index in [-0.39, 0.29) is 10.8 Å². The van der Waals surface area contributed by atoms with Gasteiger partial charge in [-0.2, -0.15) is 0 Å². The summed E-state index contributed by atoms with van der Waals surface area (Å²) in [5.41, 5.74) is 1.43. The molecule has 0 aromatic heterocycles. The zero-order valence-electron chi connectivity index (χ0n) is 11.9. The third-order valence-electron chi connectivity index (χ3n) is 3.47. The number of amides is 1. The van der Waals surface area contributed by atoms with Gasteiger partial charge in [-0.05, 0) is 29.8 Å². The second kappa shape index (κ2) is 5.46. The molecule has 2 aromatic carbocycles. The fourth-order valence-corrected chi connectivity index (χ4v) is 3.02. The number of sulfone groups is 1. The standard InChI is InChI=1S/C16H15NO4S/c1-22(19,20)13-7-4-6-12(10-13)17-16(18)15-9-11-5-2-3-8-14(11)21-15/h2-8,10,15H,9H2,1H3,(H,17,18)/t15-/m1/s1. The van der Waals surface area contributed by atoms with Crippen molar-refractivity contribution in [1.82, 2.24) is 0 Å². The summed E-state index contributed by atoms with van der Waals surface area (Å²) in [6.45, 7) is 0. The number of hydrogen-bond acceptors (Lipinski definition) is 4. The normalized spacial score (nSPS) is 16.7. The number of rotatable bonds is 3. The van der Waals surface area contributed by atoms with Crippen LogP contribution in [0.1, 0.15) is 5.56 Å². The van der Waals surface area contributed by atoms with E-state index in [1.807, 2.05) is 24.3 Å². The van der Waals surface area contributed by atoms with E-state index >= 15 is 0 Å². The summed E-state index contributed by atoms with van der Waals surface area (Å²) < 4.78 is 28.7. The number of ether oxygens (including phenoxy) is 1. The van der Waals surface area contributed by atoms with Gasteiger partial charge >= 0.3 is 0 Å². The monoisotopic (exact) mass is 317 g/mol. The fraction of sp³-hybridized carbons (Fsp3) is 0.188. The SMILES string of the molecule is CS(=O)(=O)c1cccc(NC(=O)[C@H]2Cc3ccccc3O2)c1.